The van der Waals surface area contributed by atoms with Crippen molar-refractivity contribution in [3.05, 3.63) is 23.8 Å². The molecule has 0 saturated carbocycles. The highest BCUT2D eigenvalue weighted by Crippen LogP contribution is 2.12. The van der Waals surface area contributed by atoms with E-state index >= 15 is 0 Å². The zero-order chi connectivity index (χ0) is 11.6. The SMILES string of the molecule is Cc1cnc(C(=O)N(C)C(C)(C)C)nc1. The summed E-state index contributed by atoms with van der Waals surface area (Å²) in [5.41, 5.74) is 0.732. The van der Waals surface area contributed by atoms with Gasteiger partial charge in [-0.3, -0.25) is 4.79 Å². The average Bonchev–Trinajstić information content (AvgIpc) is 2.15. The van der Waals surface area contributed by atoms with Gasteiger partial charge in [-0.1, -0.05) is 0 Å². The monoisotopic (exact) mass is 207 g/mol. The molecule has 1 aromatic heterocycles. The van der Waals surface area contributed by atoms with Gasteiger partial charge in [-0.25, -0.2) is 9.97 Å². The van der Waals surface area contributed by atoms with E-state index in [-0.39, 0.29) is 17.3 Å². The number of nitrogens with zero attached hydrogens (tertiary/aromatic N) is 3. The van der Waals surface area contributed by atoms with Crippen LogP contribution in [0.4, 0.5) is 0 Å². The Morgan fingerprint density at radius 1 is 1.27 bits per heavy atom. The molecule has 0 N–H and O–H groups in total. The fourth-order valence-electron chi connectivity index (χ4n) is 0.958. The molecule has 0 atom stereocenters. The van der Waals surface area contributed by atoms with Crippen molar-refractivity contribution in [1.82, 2.24) is 14.9 Å². The van der Waals surface area contributed by atoms with Crippen molar-refractivity contribution < 1.29 is 4.79 Å². The van der Waals surface area contributed by atoms with E-state index in [1.807, 2.05) is 27.7 Å². The number of carbonyl (C=O) groups excluding carboxylic acids is 1. The van der Waals surface area contributed by atoms with Gasteiger partial charge >= 0.3 is 0 Å². The molecule has 1 aromatic rings. The van der Waals surface area contributed by atoms with E-state index in [9.17, 15) is 4.79 Å². The molecule has 0 saturated heterocycles. The van der Waals surface area contributed by atoms with Gasteiger partial charge in [0.05, 0.1) is 0 Å². The second-order valence-corrected chi connectivity index (χ2v) is 4.62. The van der Waals surface area contributed by atoms with E-state index in [1.165, 1.54) is 0 Å². The molecule has 1 rings (SSSR count). The number of carbonyl (C=O) groups is 1. The van der Waals surface area contributed by atoms with Gasteiger partial charge in [-0.15, -0.1) is 0 Å². The zero-order valence-corrected chi connectivity index (χ0v) is 9.90. The molecule has 0 fully saturated rings. The first-order chi connectivity index (χ1) is 6.82. The molecule has 0 bridgehead atoms. The predicted molar refractivity (Wildman–Crippen MR) is 58.6 cm³/mol. The van der Waals surface area contributed by atoms with Crippen LogP contribution in [0.5, 0.6) is 0 Å². The Morgan fingerprint density at radius 2 is 1.73 bits per heavy atom. The second kappa shape index (κ2) is 3.96. The maximum atomic E-state index is 11.9. The van der Waals surface area contributed by atoms with Gasteiger partial charge in [0, 0.05) is 25.0 Å². The first kappa shape index (κ1) is 11.6. The average molecular weight is 207 g/mol. The van der Waals surface area contributed by atoms with E-state index in [2.05, 4.69) is 9.97 Å². The number of hydrogen-bond donors (Lipinski definition) is 0. The largest absolute Gasteiger partial charge is 0.334 e. The Labute approximate surface area is 90.3 Å². The third-order valence-electron chi connectivity index (χ3n) is 2.28. The summed E-state index contributed by atoms with van der Waals surface area (Å²) in [5.74, 6) is 0.0977. The molecule has 1 heterocycles. The van der Waals surface area contributed by atoms with Crippen LogP contribution in [0.2, 0.25) is 0 Å². The summed E-state index contributed by atoms with van der Waals surface area (Å²) in [4.78, 5) is 21.6. The molecule has 15 heavy (non-hydrogen) atoms. The molecular formula is C11H17N3O. The lowest BCUT2D eigenvalue weighted by atomic mass is 10.1. The summed E-state index contributed by atoms with van der Waals surface area (Å²) in [5, 5.41) is 0. The first-order valence-electron chi connectivity index (χ1n) is 4.89. The Kier molecular flexibility index (Phi) is 3.07. The molecule has 82 valence electrons. The molecular weight excluding hydrogens is 190 g/mol. The Morgan fingerprint density at radius 3 is 2.13 bits per heavy atom. The number of amides is 1. The van der Waals surface area contributed by atoms with Crippen molar-refractivity contribution in [3.8, 4) is 0 Å². The minimum atomic E-state index is -0.217. The van der Waals surface area contributed by atoms with E-state index in [1.54, 1.807) is 24.3 Å². The van der Waals surface area contributed by atoms with Crippen LogP contribution in [0, 0.1) is 6.92 Å². The molecule has 1 amide bonds. The van der Waals surface area contributed by atoms with Crippen LogP contribution < -0.4 is 0 Å². The number of rotatable bonds is 1. The second-order valence-electron chi connectivity index (χ2n) is 4.62. The third kappa shape index (κ3) is 2.75. The quantitative estimate of drug-likeness (QED) is 0.703. The van der Waals surface area contributed by atoms with E-state index in [0.717, 1.165) is 5.56 Å². The highest BCUT2D eigenvalue weighted by molar-refractivity contribution is 5.90. The van der Waals surface area contributed by atoms with Crippen molar-refractivity contribution in [1.29, 1.82) is 0 Å². The lowest BCUT2D eigenvalue weighted by molar-refractivity contribution is 0.0643. The summed E-state index contributed by atoms with van der Waals surface area (Å²) in [6.45, 7) is 7.80. The van der Waals surface area contributed by atoms with Crippen molar-refractivity contribution in [2.24, 2.45) is 0 Å². The Bertz CT molecular complexity index is 351. The van der Waals surface area contributed by atoms with Crippen molar-refractivity contribution in [3.63, 3.8) is 0 Å². The normalized spacial score (nSPS) is 11.3. The summed E-state index contributed by atoms with van der Waals surface area (Å²) in [7, 11) is 1.76. The van der Waals surface area contributed by atoms with Crippen molar-refractivity contribution >= 4 is 5.91 Å². The summed E-state index contributed by atoms with van der Waals surface area (Å²) in [6.07, 6.45) is 3.30. The minimum Gasteiger partial charge on any atom is -0.334 e. The van der Waals surface area contributed by atoms with Crippen LogP contribution >= 0.6 is 0 Å². The van der Waals surface area contributed by atoms with Gasteiger partial charge in [0.25, 0.3) is 5.91 Å². The molecule has 0 aliphatic rings. The first-order valence-corrected chi connectivity index (χ1v) is 4.89. The fourth-order valence-corrected chi connectivity index (χ4v) is 0.958. The third-order valence-corrected chi connectivity index (χ3v) is 2.28. The number of aromatic nitrogens is 2. The van der Waals surface area contributed by atoms with Gasteiger partial charge in [0.1, 0.15) is 0 Å². The number of aryl methyl sites for hydroxylation is 1. The molecule has 0 spiro atoms. The predicted octanol–water partition coefficient (Wildman–Crippen LogP) is 1.66. The molecule has 0 radical (unpaired) electrons. The van der Waals surface area contributed by atoms with Gasteiger partial charge in [0.15, 0.2) is 0 Å². The lowest BCUT2D eigenvalue weighted by Crippen LogP contribution is -2.43. The van der Waals surface area contributed by atoms with Crippen LogP contribution in [-0.4, -0.2) is 33.4 Å². The van der Waals surface area contributed by atoms with Gasteiger partial charge in [-0.05, 0) is 33.3 Å². The van der Waals surface area contributed by atoms with Crippen molar-refractivity contribution in [2.45, 2.75) is 33.2 Å². The van der Waals surface area contributed by atoms with E-state index in [4.69, 9.17) is 0 Å². The fraction of sp³-hybridized carbons (Fsp3) is 0.545. The summed E-state index contributed by atoms with van der Waals surface area (Å²) < 4.78 is 0. The summed E-state index contributed by atoms with van der Waals surface area (Å²) >= 11 is 0. The molecule has 0 aliphatic carbocycles. The van der Waals surface area contributed by atoms with Crippen LogP contribution in [0.15, 0.2) is 12.4 Å². The molecule has 4 heteroatoms. The highest BCUT2D eigenvalue weighted by Gasteiger charge is 2.24. The molecule has 4 nitrogen and oxygen atoms in total. The van der Waals surface area contributed by atoms with Crippen LogP contribution in [0.3, 0.4) is 0 Å². The number of hydrogen-bond acceptors (Lipinski definition) is 3. The van der Waals surface area contributed by atoms with Crippen molar-refractivity contribution in [2.75, 3.05) is 7.05 Å². The van der Waals surface area contributed by atoms with Crippen LogP contribution in [0.25, 0.3) is 0 Å². The topological polar surface area (TPSA) is 46.1 Å². The maximum Gasteiger partial charge on any atom is 0.291 e. The smallest absolute Gasteiger partial charge is 0.291 e. The van der Waals surface area contributed by atoms with Gasteiger partial charge in [0.2, 0.25) is 5.82 Å². The molecule has 0 aromatic carbocycles. The molecule has 0 unspecified atom stereocenters. The van der Waals surface area contributed by atoms with E-state index in [0.29, 0.717) is 0 Å². The van der Waals surface area contributed by atoms with Crippen LogP contribution in [-0.2, 0) is 0 Å². The minimum absolute atomic E-state index is 0.150. The standard InChI is InChI=1S/C11H17N3O/c1-8-6-12-9(13-7-8)10(15)14(5)11(2,3)4/h6-7H,1-5H3. The maximum absolute atomic E-state index is 11.9. The molecule has 0 aliphatic heterocycles. The van der Waals surface area contributed by atoms with Crippen LogP contribution in [0.1, 0.15) is 37.0 Å². The van der Waals surface area contributed by atoms with Gasteiger partial charge in [-0.2, -0.15) is 0 Å². The van der Waals surface area contributed by atoms with E-state index < -0.39 is 0 Å². The lowest BCUT2D eigenvalue weighted by Gasteiger charge is -2.31. The zero-order valence-electron chi connectivity index (χ0n) is 9.90. The Balaban J connectivity index is 2.90. The Hall–Kier alpha value is -1.45. The van der Waals surface area contributed by atoms with Gasteiger partial charge < -0.3 is 4.90 Å². The highest BCUT2D eigenvalue weighted by atomic mass is 16.2. The summed E-state index contributed by atoms with van der Waals surface area (Å²) in [6, 6.07) is 0.